The molecule has 3 aromatic rings. The fourth-order valence-electron chi connectivity index (χ4n) is 4.04. The van der Waals surface area contributed by atoms with Crippen LogP contribution in [0.2, 0.25) is 5.02 Å². The Bertz CT molecular complexity index is 1300. The third kappa shape index (κ3) is 5.51. The largest absolute Gasteiger partial charge is 0.454 e. The Morgan fingerprint density at radius 3 is 2.46 bits per heavy atom. The van der Waals surface area contributed by atoms with Gasteiger partial charge in [0.1, 0.15) is 11.8 Å². The van der Waals surface area contributed by atoms with Gasteiger partial charge in [-0.05, 0) is 53.3 Å². The Kier molecular flexibility index (Phi) is 7.16. The minimum Gasteiger partial charge on any atom is -0.454 e. The second-order valence-corrected chi connectivity index (χ2v) is 9.74. The highest BCUT2D eigenvalue weighted by molar-refractivity contribution is 6.48. The first-order chi connectivity index (χ1) is 16.7. The summed E-state index contributed by atoms with van der Waals surface area (Å²) in [5.74, 6) is -1.36. The molecule has 35 heavy (non-hydrogen) atoms. The topological polar surface area (TPSA) is 59.3 Å². The lowest BCUT2D eigenvalue weighted by atomic mass is 10.1. The number of carbonyl (C=O) groups excluding carboxylic acids is 1. The predicted octanol–water partition coefficient (Wildman–Crippen LogP) is 7.93. The van der Waals surface area contributed by atoms with Crippen LogP contribution in [-0.4, -0.2) is 5.97 Å². The van der Waals surface area contributed by atoms with Gasteiger partial charge in [0, 0.05) is 15.6 Å². The molecule has 0 heterocycles. The molecule has 0 aromatic heterocycles. The summed E-state index contributed by atoms with van der Waals surface area (Å²) in [5, 5.41) is 10.8. The van der Waals surface area contributed by atoms with E-state index in [2.05, 4.69) is 0 Å². The van der Waals surface area contributed by atoms with Crippen molar-refractivity contribution in [3.05, 3.63) is 101 Å². The molecule has 1 saturated carbocycles. The highest BCUT2D eigenvalue weighted by Crippen LogP contribution is 2.60. The highest BCUT2D eigenvalue weighted by Gasteiger charge is 2.62. The number of nitrogens with zero attached hydrogens (tertiary/aromatic N) is 1. The van der Waals surface area contributed by atoms with E-state index in [1.54, 1.807) is 48.5 Å². The van der Waals surface area contributed by atoms with E-state index in [0.29, 0.717) is 21.4 Å². The molecule has 0 unspecified atom stereocenters. The summed E-state index contributed by atoms with van der Waals surface area (Å²) in [6.07, 6.45) is 0.621. The van der Waals surface area contributed by atoms with E-state index in [1.165, 1.54) is 18.2 Å². The van der Waals surface area contributed by atoms with E-state index in [4.69, 9.17) is 32.7 Å². The molecule has 0 N–H and O–H groups in total. The Morgan fingerprint density at radius 1 is 1.11 bits per heavy atom. The fraction of sp³-hybridized carbons (Fsp3) is 0.214. The highest BCUT2D eigenvalue weighted by atomic mass is 35.5. The van der Waals surface area contributed by atoms with Crippen LogP contribution >= 0.6 is 23.2 Å². The first-order valence-corrected chi connectivity index (χ1v) is 11.7. The maximum Gasteiger partial charge on any atom is 0.311 e. The standard InChI is InChI=1S/C28H22Cl2FNO3/c1-28(2)21(15-22(30)17-8-11-19(29)12-9-17)26(28)27(33)35-25(16-32)18-10-13-23(31)24(14-18)34-20-6-4-3-5-7-20/h3-15,21,25-26H,1-2H3/b22-15+/t21-,25+,26+/m1/s1. The molecule has 1 aliphatic rings. The van der Waals surface area contributed by atoms with Crippen molar-refractivity contribution in [2.24, 2.45) is 17.3 Å². The Hall–Kier alpha value is -3.33. The zero-order valence-corrected chi connectivity index (χ0v) is 20.6. The molecule has 178 valence electrons. The average molecular weight is 510 g/mol. The Morgan fingerprint density at radius 2 is 1.80 bits per heavy atom. The molecular weight excluding hydrogens is 488 g/mol. The van der Waals surface area contributed by atoms with Gasteiger partial charge in [-0.1, -0.05) is 79.5 Å². The van der Waals surface area contributed by atoms with Crippen LogP contribution in [0.4, 0.5) is 4.39 Å². The summed E-state index contributed by atoms with van der Waals surface area (Å²) < 4.78 is 25.5. The predicted molar refractivity (Wildman–Crippen MR) is 133 cm³/mol. The van der Waals surface area contributed by atoms with Gasteiger partial charge in [-0.25, -0.2) is 4.39 Å². The van der Waals surface area contributed by atoms with Crippen LogP contribution in [0.3, 0.4) is 0 Å². The first-order valence-electron chi connectivity index (χ1n) is 11.0. The molecule has 0 bridgehead atoms. The molecule has 3 aromatic carbocycles. The molecule has 0 amide bonds. The molecule has 7 heteroatoms. The number of halogens is 3. The number of carbonyl (C=O) groups is 1. The lowest BCUT2D eigenvalue weighted by Gasteiger charge is -2.14. The van der Waals surface area contributed by atoms with E-state index >= 15 is 0 Å². The van der Waals surface area contributed by atoms with Crippen LogP contribution in [-0.2, 0) is 9.53 Å². The second-order valence-electron chi connectivity index (χ2n) is 8.90. The van der Waals surface area contributed by atoms with Crippen molar-refractivity contribution in [2.45, 2.75) is 20.0 Å². The zero-order chi connectivity index (χ0) is 25.2. The molecular formula is C28H22Cl2FNO3. The first kappa shape index (κ1) is 24.8. The smallest absolute Gasteiger partial charge is 0.311 e. The molecule has 0 aliphatic heterocycles. The summed E-state index contributed by atoms with van der Waals surface area (Å²) in [6, 6.07) is 21.7. The fourth-order valence-corrected chi connectivity index (χ4v) is 4.42. The van der Waals surface area contributed by atoms with E-state index in [0.717, 1.165) is 5.56 Å². The van der Waals surface area contributed by atoms with Gasteiger partial charge < -0.3 is 9.47 Å². The lowest BCUT2D eigenvalue weighted by Crippen LogP contribution is -2.14. The van der Waals surface area contributed by atoms with Crippen LogP contribution in [0.1, 0.15) is 31.1 Å². The molecule has 0 saturated heterocycles. The molecule has 1 fully saturated rings. The maximum absolute atomic E-state index is 14.3. The van der Waals surface area contributed by atoms with Crippen LogP contribution in [0.25, 0.3) is 5.03 Å². The van der Waals surface area contributed by atoms with Gasteiger partial charge in [-0.2, -0.15) is 5.26 Å². The zero-order valence-electron chi connectivity index (χ0n) is 19.0. The number of hydrogen-bond acceptors (Lipinski definition) is 4. The molecule has 4 nitrogen and oxygen atoms in total. The summed E-state index contributed by atoms with van der Waals surface area (Å²) in [4.78, 5) is 13.0. The summed E-state index contributed by atoms with van der Waals surface area (Å²) in [6.45, 7) is 3.88. The van der Waals surface area contributed by atoms with Crippen LogP contribution in [0, 0.1) is 34.4 Å². The monoisotopic (exact) mass is 509 g/mol. The van der Waals surface area contributed by atoms with Crippen molar-refractivity contribution in [3.63, 3.8) is 0 Å². The molecule has 4 rings (SSSR count). The van der Waals surface area contributed by atoms with Gasteiger partial charge in [0.05, 0.1) is 5.92 Å². The summed E-state index contributed by atoms with van der Waals surface area (Å²) >= 11 is 12.4. The number of nitriles is 1. The quantitative estimate of drug-likeness (QED) is 0.303. The second kappa shape index (κ2) is 10.1. The number of para-hydroxylation sites is 1. The molecule has 3 atom stereocenters. The molecule has 0 spiro atoms. The van der Waals surface area contributed by atoms with Gasteiger partial charge >= 0.3 is 5.97 Å². The van der Waals surface area contributed by atoms with E-state index < -0.39 is 29.2 Å². The number of esters is 1. The minimum atomic E-state index is -1.21. The van der Waals surface area contributed by atoms with Crippen molar-refractivity contribution in [1.29, 1.82) is 5.26 Å². The normalized spacial score (nSPS) is 19.4. The van der Waals surface area contributed by atoms with Gasteiger partial charge in [-0.15, -0.1) is 0 Å². The number of benzene rings is 3. The number of hydrogen-bond donors (Lipinski definition) is 0. The van der Waals surface area contributed by atoms with Crippen LogP contribution in [0.5, 0.6) is 11.5 Å². The van der Waals surface area contributed by atoms with Gasteiger partial charge in [0.15, 0.2) is 11.6 Å². The SMILES string of the molecule is CC1(C)[C@H](/C=C(/Cl)c2ccc(Cl)cc2)[C@H]1C(=O)O[C@@H](C#N)c1ccc(F)c(Oc2ccccc2)c1. The minimum absolute atomic E-state index is 0.0627. The summed E-state index contributed by atoms with van der Waals surface area (Å²) in [5.41, 5.74) is 0.713. The lowest BCUT2D eigenvalue weighted by molar-refractivity contribution is -0.149. The third-order valence-electron chi connectivity index (χ3n) is 6.19. The number of allylic oxidation sites excluding steroid dienone is 1. The van der Waals surface area contributed by atoms with E-state index in [1.807, 2.05) is 32.1 Å². The van der Waals surface area contributed by atoms with Crippen molar-refractivity contribution in [3.8, 4) is 17.6 Å². The number of ether oxygens (including phenoxy) is 2. The van der Waals surface area contributed by atoms with Crippen LogP contribution in [0.15, 0.2) is 78.9 Å². The van der Waals surface area contributed by atoms with Gasteiger partial charge in [-0.3, -0.25) is 4.79 Å². The molecule has 0 radical (unpaired) electrons. The van der Waals surface area contributed by atoms with Crippen molar-refractivity contribution in [1.82, 2.24) is 0 Å². The Labute approximate surface area is 213 Å². The van der Waals surface area contributed by atoms with Gasteiger partial charge in [0.2, 0.25) is 6.10 Å². The van der Waals surface area contributed by atoms with E-state index in [9.17, 15) is 14.4 Å². The Balaban J connectivity index is 1.49. The summed E-state index contributed by atoms with van der Waals surface area (Å²) in [7, 11) is 0. The number of rotatable bonds is 7. The van der Waals surface area contributed by atoms with Crippen molar-refractivity contribution >= 4 is 34.2 Å². The van der Waals surface area contributed by atoms with Crippen molar-refractivity contribution < 1.29 is 18.7 Å². The van der Waals surface area contributed by atoms with E-state index in [-0.39, 0.29) is 11.7 Å². The molecule has 1 aliphatic carbocycles. The maximum atomic E-state index is 14.3. The third-order valence-corrected chi connectivity index (χ3v) is 6.79. The average Bonchev–Trinajstić information content (AvgIpc) is 3.39. The van der Waals surface area contributed by atoms with Gasteiger partial charge in [0.25, 0.3) is 0 Å². The van der Waals surface area contributed by atoms with Crippen LogP contribution < -0.4 is 4.74 Å². The van der Waals surface area contributed by atoms with Crippen molar-refractivity contribution in [2.75, 3.05) is 0 Å².